The molecule has 0 spiro atoms. The first-order valence-corrected chi connectivity index (χ1v) is 6.86. The van der Waals surface area contributed by atoms with Crippen molar-refractivity contribution in [1.29, 1.82) is 0 Å². The monoisotopic (exact) mass is 296 g/mol. The Hall–Kier alpha value is -1.75. The molecule has 1 aliphatic heterocycles. The summed E-state index contributed by atoms with van der Waals surface area (Å²) in [6.07, 6.45) is 1.52. The summed E-state index contributed by atoms with van der Waals surface area (Å²) in [5.41, 5.74) is 6.10. The molecule has 1 fully saturated rings. The van der Waals surface area contributed by atoms with Crippen LogP contribution in [0.25, 0.3) is 0 Å². The number of nitrogens with zero attached hydrogens (tertiary/aromatic N) is 1. The van der Waals surface area contributed by atoms with Crippen LogP contribution in [0, 0.1) is 5.92 Å². The Morgan fingerprint density at radius 1 is 1.40 bits per heavy atom. The van der Waals surface area contributed by atoms with Gasteiger partial charge in [0.1, 0.15) is 0 Å². The van der Waals surface area contributed by atoms with Gasteiger partial charge in [-0.1, -0.05) is 11.6 Å². The molecule has 1 heterocycles. The standard InChI is InChI=1S/C14H17ClN2O3/c1-8-2-3-9(13(16)18)7-17(8)12-6-10(15)4-5-11(12)14(19)20/h4-6,8-9H,2-3,7H2,1H3,(H2,16,18)(H,19,20). The van der Waals surface area contributed by atoms with Crippen molar-refractivity contribution in [3.8, 4) is 0 Å². The number of aromatic carboxylic acids is 1. The SMILES string of the molecule is CC1CCC(C(N)=O)CN1c1cc(Cl)ccc1C(=O)O. The first kappa shape index (κ1) is 14.7. The second-order valence-electron chi connectivity index (χ2n) is 5.14. The van der Waals surface area contributed by atoms with E-state index in [9.17, 15) is 14.7 Å². The summed E-state index contributed by atoms with van der Waals surface area (Å²) in [6, 6.07) is 4.81. The van der Waals surface area contributed by atoms with Crippen LogP contribution >= 0.6 is 11.6 Å². The van der Waals surface area contributed by atoms with Crippen LogP contribution in [0.5, 0.6) is 0 Å². The average Bonchev–Trinajstić information content (AvgIpc) is 2.38. The average molecular weight is 297 g/mol. The summed E-state index contributed by atoms with van der Waals surface area (Å²) in [6.45, 7) is 2.43. The van der Waals surface area contributed by atoms with E-state index < -0.39 is 5.97 Å². The number of anilines is 1. The molecule has 20 heavy (non-hydrogen) atoms. The van der Waals surface area contributed by atoms with Gasteiger partial charge in [-0.25, -0.2) is 4.79 Å². The molecule has 108 valence electrons. The third-order valence-electron chi connectivity index (χ3n) is 3.78. The number of hydrogen-bond acceptors (Lipinski definition) is 3. The van der Waals surface area contributed by atoms with Gasteiger partial charge in [-0.05, 0) is 38.0 Å². The van der Waals surface area contributed by atoms with Crippen molar-refractivity contribution >= 4 is 29.2 Å². The van der Waals surface area contributed by atoms with Gasteiger partial charge in [0, 0.05) is 17.6 Å². The highest BCUT2D eigenvalue weighted by atomic mass is 35.5. The van der Waals surface area contributed by atoms with E-state index in [1.54, 1.807) is 12.1 Å². The zero-order valence-electron chi connectivity index (χ0n) is 11.2. The fraction of sp³-hybridized carbons (Fsp3) is 0.429. The highest BCUT2D eigenvalue weighted by Gasteiger charge is 2.30. The van der Waals surface area contributed by atoms with Crippen molar-refractivity contribution < 1.29 is 14.7 Å². The molecule has 0 radical (unpaired) electrons. The maximum absolute atomic E-state index is 11.4. The lowest BCUT2D eigenvalue weighted by atomic mass is 9.92. The molecule has 3 N–H and O–H groups in total. The van der Waals surface area contributed by atoms with Gasteiger partial charge in [-0.3, -0.25) is 4.79 Å². The smallest absolute Gasteiger partial charge is 0.337 e. The van der Waals surface area contributed by atoms with Crippen molar-refractivity contribution in [3.05, 3.63) is 28.8 Å². The summed E-state index contributed by atoms with van der Waals surface area (Å²) >= 11 is 5.98. The molecule has 0 bridgehead atoms. The molecule has 2 unspecified atom stereocenters. The number of nitrogens with two attached hydrogens (primary N) is 1. The van der Waals surface area contributed by atoms with E-state index in [4.69, 9.17) is 17.3 Å². The van der Waals surface area contributed by atoms with Crippen molar-refractivity contribution in [2.45, 2.75) is 25.8 Å². The third kappa shape index (κ3) is 2.88. The Morgan fingerprint density at radius 3 is 2.70 bits per heavy atom. The molecule has 1 aromatic rings. The van der Waals surface area contributed by atoms with Crippen molar-refractivity contribution in [1.82, 2.24) is 0 Å². The van der Waals surface area contributed by atoms with Gasteiger partial charge in [0.25, 0.3) is 0 Å². The quantitative estimate of drug-likeness (QED) is 0.895. The number of carboxylic acid groups (broad SMARTS) is 1. The Bertz CT molecular complexity index is 547. The predicted octanol–water partition coefficient (Wildman–Crippen LogP) is 2.13. The van der Waals surface area contributed by atoms with Gasteiger partial charge in [-0.2, -0.15) is 0 Å². The summed E-state index contributed by atoms with van der Waals surface area (Å²) in [5.74, 6) is -1.61. The minimum atomic E-state index is -1.01. The van der Waals surface area contributed by atoms with Crippen molar-refractivity contribution in [2.75, 3.05) is 11.4 Å². The molecular formula is C14H17ClN2O3. The largest absolute Gasteiger partial charge is 0.478 e. The third-order valence-corrected chi connectivity index (χ3v) is 4.02. The molecule has 0 aromatic heterocycles. The minimum absolute atomic E-state index is 0.141. The fourth-order valence-corrected chi connectivity index (χ4v) is 2.76. The molecule has 1 amide bonds. The van der Waals surface area contributed by atoms with Gasteiger partial charge in [0.05, 0.1) is 17.2 Å². The van der Waals surface area contributed by atoms with E-state index in [2.05, 4.69) is 0 Å². The Morgan fingerprint density at radius 2 is 2.10 bits per heavy atom. The number of amides is 1. The topological polar surface area (TPSA) is 83.6 Å². The Labute approximate surface area is 122 Å². The lowest BCUT2D eigenvalue weighted by Crippen LogP contribution is -2.46. The molecule has 1 saturated heterocycles. The minimum Gasteiger partial charge on any atom is -0.478 e. The Balaban J connectivity index is 2.40. The summed E-state index contributed by atoms with van der Waals surface area (Å²) in [7, 11) is 0. The van der Waals surface area contributed by atoms with Crippen molar-refractivity contribution in [2.24, 2.45) is 11.7 Å². The van der Waals surface area contributed by atoms with E-state index in [-0.39, 0.29) is 23.4 Å². The molecule has 5 nitrogen and oxygen atoms in total. The second-order valence-corrected chi connectivity index (χ2v) is 5.58. The van der Waals surface area contributed by atoms with E-state index >= 15 is 0 Å². The van der Waals surface area contributed by atoms with Crippen LogP contribution in [0.3, 0.4) is 0 Å². The van der Waals surface area contributed by atoms with Crippen LogP contribution < -0.4 is 10.6 Å². The Kier molecular flexibility index (Phi) is 4.18. The summed E-state index contributed by atoms with van der Waals surface area (Å²) in [5, 5.41) is 9.76. The fourth-order valence-electron chi connectivity index (χ4n) is 2.60. The highest BCUT2D eigenvalue weighted by molar-refractivity contribution is 6.31. The van der Waals surface area contributed by atoms with E-state index in [0.29, 0.717) is 17.3 Å². The number of halogens is 1. The van der Waals surface area contributed by atoms with Gasteiger partial charge in [0.15, 0.2) is 0 Å². The molecule has 1 aliphatic rings. The molecule has 2 atom stereocenters. The van der Waals surface area contributed by atoms with E-state index in [0.717, 1.165) is 12.8 Å². The maximum Gasteiger partial charge on any atom is 0.337 e. The first-order chi connectivity index (χ1) is 9.40. The normalized spacial score (nSPS) is 22.6. The lowest BCUT2D eigenvalue weighted by Gasteiger charge is -2.39. The predicted molar refractivity (Wildman–Crippen MR) is 77.1 cm³/mol. The van der Waals surface area contributed by atoms with Crippen molar-refractivity contribution in [3.63, 3.8) is 0 Å². The van der Waals surface area contributed by atoms with E-state index in [1.165, 1.54) is 6.07 Å². The van der Waals surface area contributed by atoms with Crippen LogP contribution in [0.1, 0.15) is 30.1 Å². The molecule has 6 heteroatoms. The zero-order valence-corrected chi connectivity index (χ0v) is 11.9. The van der Waals surface area contributed by atoms with Crippen LogP contribution in [0.2, 0.25) is 5.02 Å². The van der Waals surface area contributed by atoms with Gasteiger partial charge in [0.2, 0.25) is 5.91 Å². The number of carbonyl (C=O) groups excluding carboxylic acids is 1. The number of carbonyl (C=O) groups is 2. The van der Waals surface area contributed by atoms with Crippen LogP contribution in [-0.4, -0.2) is 29.6 Å². The first-order valence-electron chi connectivity index (χ1n) is 6.49. The number of carboxylic acids is 1. The lowest BCUT2D eigenvalue weighted by molar-refractivity contribution is -0.122. The number of benzene rings is 1. The van der Waals surface area contributed by atoms with Gasteiger partial charge in [-0.15, -0.1) is 0 Å². The highest BCUT2D eigenvalue weighted by Crippen LogP contribution is 2.32. The number of rotatable bonds is 3. The number of hydrogen-bond donors (Lipinski definition) is 2. The van der Waals surface area contributed by atoms with Crippen LogP contribution in [-0.2, 0) is 4.79 Å². The summed E-state index contributed by atoms with van der Waals surface area (Å²) < 4.78 is 0. The maximum atomic E-state index is 11.4. The molecular weight excluding hydrogens is 280 g/mol. The molecule has 1 aromatic carbocycles. The number of primary amides is 1. The summed E-state index contributed by atoms with van der Waals surface area (Å²) in [4.78, 5) is 24.6. The van der Waals surface area contributed by atoms with Crippen LogP contribution in [0.15, 0.2) is 18.2 Å². The number of piperidine rings is 1. The molecule has 2 rings (SSSR count). The molecule has 0 saturated carbocycles. The molecule has 0 aliphatic carbocycles. The van der Waals surface area contributed by atoms with E-state index in [1.807, 2.05) is 11.8 Å². The second kappa shape index (κ2) is 5.71. The van der Waals surface area contributed by atoms with Gasteiger partial charge < -0.3 is 15.7 Å². The zero-order chi connectivity index (χ0) is 14.9. The van der Waals surface area contributed by atoms with Crippen LogP contribution in [0.4, 0.5) is 5.69 Å². The van der Waals surface area contributed by atoms with Gasteiger partial charge >= 0.3 is 5.97 Å².